The van der Waals surface area contributed by atoms with Crippen LogP contribution < -0.4 is 10.6 Å². The highest BCUT2D eigenvalue weighted by Crippen LogP contribution is 1.93. The Bertz CT molecular complexity index is 350. The highest BCUT2D eigenvalue weighted by molar-refractivity contribution is 5.73. The van der Waals surface area contributed by atoms with Gasteiger partial charge in [0, 0.05) is 19.2 Å². The molecular formula is C10H16N4O3. The summed E-state index contributed by atoms with van der Waals surface area (Å²) >= 11 is 0. The first kappa shape index (κ1) is 13.0. The number of carboxylic acids is 1. The van der Waals surface area contributed by atoms with E-state index >= 15 is 0 Å². The quantitative estimate of drug-likeness (QED) is 0.519. The highest BCUT2D eigenvalue weighted by atomic mass is 16.4. The smallest absolute Gasteiger partial charge is 0.315 e. The standard InChI is InChI=1S/C10H16N4O3/c15-9(16)3-1-2-4-12-10(17)13-6-8-5-11-7-14-8/h5,7H,1-4,6H2,(H,11,14)(H,15,16)(H2,12,13,17). The van der Waals surface area contributed by atoms with Crippen molar-refractivity contribution < 1.29 is 14.7 Å². The summed E-state index contributed by atoms with van der Waals surface area (Å²) < 4.78 is 0. The molecule has 94 valence electrons. The van der Waals surface area contributed by atoms with E-state index in [1.165, 1.54) is 0 Å². The lowest BCUT2D eigenvalue weighted by Crippen LogP contribution is -2.35. The molecule has 7 heteroatoms. The number of carboxylic acid groups (broad SMARTS) is 1. The number of H-pyrrole nitrogens is 1. The average Bonchev–Trinajstić information content (AvgIpc) is 2.78. The zero-order valence-electron chi connectivity index (χ0n) is 9.40. The second-order valence-corrected chi connectivity index (χ2v) is 3.54. The summed E-state index contributed by atoms with van der Waals surface area (Å²) in [6.45, 7) is 0.864. The Morgan fingerprint density at radius 1 is 1.35 bits per heavy atom. The molecule has 0 saturated heterocycles. The van der Waals surface area contributed by atoms with E-state index in [9.17, 15) is 9.59 Å². The molecule has 4 N–H and O–H groups in total. The van der Waals surface area contributed by atoms with Crippen LogP contribution in [0.25, 0.3) is 0 Å². The van der Waals surface area contributed by atoms with Crippen LogP contribution in [0.5, 0.6) is 0 Å². The van der Waals surface area contributed by atoms with Crippen LogP contribution in [0, 0.1) is 0 Å². The van der Waals surface area contributed by atoms with Crippen LogP contribution in [0.1, 0.15) is 25.0 Å². The molecule has 0 aliphatic heterocycles. The van der Waals surface area contributed by atoms with Gasteiger partial charge in [0.2, 0.25) is 0 Å². The Morgan fingerprint density at radius 3 is 2.82 bits per heavy atom. The van der Waals surface area contributed by atoms with Crippen LogP contribution in [-0.4, -0.2) is 33.6 Å². The Kier molecular flexibility index (Phi) is 5.56. The molecule has 7 nitrogen and oxygen atoms in total. The molecule has 1 aromatic rings. The number of aliphatic carboxylic acids is 1. The fraction of sp³-hybridized carbons (Fsp3) is 0.500. The van der Waals surface area contributed by atoms with Crippen molar-refractivity contribution >= 4 is 12.0 Å². The SMILES string of the molecule is O=C(O)CCCCNC(=O)NCc1cnc[nH]1. The van der Waals surface area contributed by atoms with E-state index in [1.54, 1.807) is 12.5 Å². The molecule has 0 aromatic carbocycles. The zero-order chi connectivity index (χ0) is 12.5. The number of nitrogens with zero attached hydrogens (tertiary/aromatic N) is 1. The molecule has 0 aliphatic carbocycles. The number of unbranched alkanes of at least 4 members (excludes halogenated alkanes) is 1. The monoisotopic (exact) mass is 240 g/mol. The van der Waals surface area contributed by atoms with E-state index < -0.39 is 5.97 Å². The second-order valence-electron chi connectivity index (χ2n) is 3.54. The lowest BCUT2D eigenvalue weighted by Gasteiger charge is -2.05. The number of nitrogens with one attached hydrogen (secondary N) is 3. The van der Waals surface area contributed by atoms with Crippen molar-refractivity contribution in [3.63, 3.8) is 0 Å². The summed E-state index contributed by atoms with van der Waals surface area (Å²) in [6.07, 6.45) is 4.53. The number of hydrogen-bond acceptors (Lipinski definition) is 3. The van der Waals surface area contributed by atoms with E-state index in [-0.39, 0.29) is 12.5 Å². The first-order valence-electron chi connectivity index (χ1n) is 5.39. The van der Waals surface area contributed by atoms with Gasteiger partial charge in [-0.05, 0) is 12.8 Å². The Hall–Kier alpha value is -2.05. The van der Waals surface area contributed by atoms with E-state index in [4.69, 9.17) is 5.11 Å². The number of rotatable bonds is 7. The molecule has 1 rings (SSSR count). The minimum Gasteiger partial charge on any atom is -0.481 e. The molecule has 1 aromatic heterocycles. The fourth-order valence-corrected chi connectivity index (χ4v) is 1.22. The van der Waals surface area contributed by atoms with Gasteiger partial charge in [0.1, 0.15) is 0 Å². The van der Waals surface area contributed by atoms with E-state index in [2.05, 4.69) is 20.6 Å². The molecule has 0 saturated carbocycles. The van der Waals surface area contributed by atoms with Gasteiger partial charge in [0.15, 0.2) is 0 Å². The van der Waals surface area contributed by atoms with Gasteiger partial charge in [-0.15, -0.1) is 0 Å². The van der Waals surface area contributed by atoms with Gasteiger partial charge in [0.05, 0.1) is 18.6 Å². The van der Waals surface area contributed by atoms with Gasteiger partial charge in [0.25, 0.3) is 0 Å². The van der Waals surface area contributed by atoms with Gasteiger partial charge >= 0.3 is 12.0 Å². The average molecular weight is 240 g/mol. The predicted octanol–water partition coefficient (Wildman–Crippen LogP) is 0.464. The van der Waals surface area contributed by atoms with Crippen molar-refractivity contribution in [3.8, 4) is 0 Å². The number of aromatic amines is 1. The Balaban J connectivity index is 2.00. The summed E-state index contributed by atoms with van der Waals surface area (Å²) in [6, 6.07) is -0.269. The maximum atomic E-state index is 11.3. The van der Waals surface area contributed by atoms with Crippen LogP contribution >= 0.6 is 0 Å². The van der Waals surface area contributed by atoms with Crippen molar-refractivity contribution in [3.05, 3.63) is 18.2 Å². The minimum atomic E-state index is -0.811. The van der Waals surface area contributed by atoms with Crippen LogP contribution in [0.2, 0.25) is 0 Å². The molecular weight excluding hydrogens is 224 g/mol. The third kappa shape index (κ3) is 6.18. The van der Waals surface area contributed by atoms with E-state index in [1.807, 2.05) is 0 Å². The number of carbonyl (C=O) groups excluding carboxylic acids is 1. The lowest BCUT2D eigenvalue weighted by atomic mass is 10.2. The van der Waals surface area contributed by atoms with Crippen molar-refractivity contribution in [2.45, 2.75) is 25.8 Å². The van der Waals surface area contributed by atoms with E-state index in [0.717, 1.165) is 5.69 Å². The molecule has 1 heterocycles. The summed E-state index contributed by atoms with van der Waals surface area (Å²) in [5.41, 5.74) is 0.825. The third-order valence-corrected chi connectivity index (χ3v) is 2.10. The first-order valence-corrected chi connectivity index (χ1v) is 5.39. The molecule has 0 fully saturated rings. The zero-order valence-corrected chi connectivity index (χ0v) is 9.40. The lowest BCUT2D eigenvalue weighted by molar-refractivity contribution is -0.137. The number of imidazole rings is 1. The molecule has 2 amide bonds. The Labute approximate surface area is 98.6 Å². The molecule has 0 unspecified atom stereocenters. The fourth-order valence-electron chi connectivity index (χ4n) is 1.22. The molecule has 0 radical (unpaired) electrons. The van der Waals surface area contributed by atoms with Crippen LogP contribution in [0.3, 0.4) is 0 Å². The Morgan fingerprint density at radius 2 is 2.18 bits per heavy atom. The molecule has 0 aliphatic rings. The minimum absolute atomic E-state index is 0.136. The number of urea groups is 1. The van der Waals surface area contributed by atoms with Crippen molar-refractivity contribution in [1.82, 2.24) is 20.6 Å². The first-order chi connectivity index (χ1) is 8.18. The van der Waals surface area contributed by atoms with Gasteiger partial charge < -0.3 is 20.7 Å². The summed E-state index contributed by atoms with van der Waals surface area (Å²) in [5, 5.41) is 13.7. The summed E-state index contributed by atoms with van der Waals surface area (Å²) in [7, 11) is 0. The van der Waals surface area contributed by atoms with Crippen molar-refractivity contribution in [2.24, 2.45) is 0 Å². The maximum absolute atomic E-state index is 11.3. The molecule has 17 heavy (non-hydrogen) atoms. The summed E-state index contributed by atoms with van der Waals surface area (Å²) in [5.74, 6) is -0.811. The van der Waals surface area contributed by atoms with Gasteiger partial charge in [-0.25, -0.2) is 9.78 Å². The van der Waals surface area contributed by atoms with Gasteiger partial charge in [-0.3, -0.25) is 4.79 Å². The number of amides is 2. The summed E-state index contributed by atoms with van der Waals surface area (Å²) in [4.78, 5) is 28.2. The normalized spacial score (nSPS) is 9.88. The number of hydrogen-bond donors (Lipinski definition) is 4. The van der Waals surface area contributed by atoms with Crippen LogP contribution in [0.15, 0.2) is 12.5 Å². The largest absolute Gasteiger partial charge is 0.481 e. The second kappa shape index (κ2) is 7.26. The van der Waals surface area contributed by atoms with Crippen LogP contribution in [0.4, 0.5) is 4.79 Å². The van der Waals surface area contributed by atoms with Gasteiger partial charge in [-0.2, -0.15) is 0 Å². The molecule has 0 atom stereocenters. The third-order valence-electron chi connectivity index (χ3n) is 2.10. The van der Waals surface area contributed by atoms with E-state index in [0.29, 0.717) is 25.9 Å². The molecule has 0 spiro atoms. The topological polar surface area (TPSA) is 107 Å². The predicted molar refractivity (Wildman–Crippen MR) is 60.3 cm³/mol. The van der Waals surface area contributed by atoms with Crippen molar-refractivity contribution in [2.75, 3.05) is 6.54 Å². The van der Waals surface area contributed by atoms with Crippen molar-refractivity contribution in [1.29, 1.82) is 0 Å². The number of aromatic nitrogens is 2. The maximum Gasteiger partial charge on any atom is 0.315 e. The van der Waals surface area contributed by atoms with Crippen LogP contribution in [-0.2, 0) is 11.3 Å². The molecule has 0 bridgehead atoms. The highest BCUT2D eigenvalue weighted by Gasteiger charge is 2.01. The number of carbonyl (C=O) groups is 2. The van der Waals surface area contributed by atoms with Gasteiger partial charge in [-0.1, -0.05) is 0 Å².